The molecule has 0 bridgehead atoms. The van der Waals surface area contributed by atoms with E-state index in [0.29, 0.717) is 5.88 Å². The second-order valence-electron chi connectivity index (χ2n) is 2.25. The molecule has 66 valence electrons. The highest BCUT2D eigenvalue weighted by atomic mass is 32.2. The molecule has 0 N–H and O–H groups in total. The molecule has 0 heterocycles. The summed E-state index contributed by atoms with van der Waals surface area (Å²) in [6.07, 6.45) is 0. The highest BCUT2D eigenvalue weighted by Crippen LogP contribution is 2.19. The molecule has 0 saturated heterocycles. The first-order valence-electron chi connectivity index (χ1n) is 3.31. The minimum atomic E-state index is -0.361. The molecule has 11 heavy (non-hydrogen) atoms. The average Bonchev–Trinajstić information content (AvgIpc) is 2.02. The third-order valence-electron chi connectivity index (χ3n) is 1.48. The normalized spacial score (nSPS) is 12.7. The Morgan fingerprint density at radius 3 is 2.73 bits per heavy atom. The van der Waals surface area contributed by atoms with E-state index in [1.54, 1.807) is 0 Å². The number of thiol groups is 1. The topological polar surface area (TPSA) is 3.24 Å². The van der Waals surface area contributed by atoms with Crippen molar-refractivity contribution in [2.75, 3.05) is 18.9 Å². The van der Waals surface area contributed by atoms with Crippen LogP contribution in [0.5, 0.6) is 0 Å². The second kappa shape index (κ2) is 5.77. The summed E-state index contributed by atoms with van der Waals surface area (Å²) < 4.78 is 11.9. The van der Waals surface area contributed by atoms with Crippen LogP contribution < -0.4 is 0 Å². The largest absolute Gasteiger partial charge is 0.368 e. The van der Waals surface area contributed by atoms with Crippen LogP contribution in [0.1, 0.15) is 6.92 Å². The molecule has 0 aliphatic rings. The Morgan fingerprint density at radius 1 is 1.82 bits per heavy atom. The first-order chi connectivity index (χ1) is 5.13. The van der Waals surface area contributed by atoms with Crippen LogP contribution in [0.3, 0.4) is 0 Å². The Hall–Kier alpha value is 0.170. The van der Waals surface area contributed by atoms with Gasteiger partial charge in [0.25, 0.3) is 0 Å². The molecule has 0 spiro atoms. The van der Waals surface area contributed by atoms with Crippen molar-refractivity contribution in [3.63, 3.8) is 0 Å². The Bertz CT molecular complexity index is 130. The van der Waals surface area contributed by atoms with Crippen molar-refractivity contribution < 1.29 is 4.39 Å². The van der Waals surface area contributed by atoms with Gasteiger partial charge in [0, 0.05) is 18.0 Å². The van der Waals surface area contributed by atoms with Gasteiger partial charge in [0.1, 0.15) is 6.01 Å². The molecule has 0 saturated carbocycles. The summed E-state index contributed by atoms with van der Waals surface area (Å²) in [5.41, 5.74) is 0.919. The third-order valence-corrected chi connectivity index (χ3v) is 2.81. The van der Waals surface area contributed by atoms with Crippen LogP contribution in [-0.2, 0) is 0 Å². The summed E-state index contributed by atoms with van der Waals surface area (Å²) in [7, 11) is 1.89. The summed E-state index contributed by atoms with van der Waals surface area (Å²) in [5, 5.41) is 0.136. The Kier molecular flexibility index (Phi) is 5.86. The van der Waals surface area contributed by atoms with Crippen LogP contribution in [0, 0.1) is 0 Å². The van der Waals surface area contributed by atoms with E-state index < -0.39 is 0 Å². The van der Waals surface area contributed by atoms with Crippen molar-refractivity contribution >= 4 is 24.4 Å². The number of hydrogen-bond donors (Lipinski definition) is 1. The van der Waals surface area contributed by atoms with Gasteiger partial charge in [-0.15, -0.1) is 11.8 Å². The first kappa shape index (κ1) is 11.2. The lowest BCUT2D eigenvalue weighted by molar-refractivity contribution is 0.482. The molecule has 0 aliphatic heterocycles. The van der Waals surface area contributed by atoms with Crippen LogP contribution in [0.4, 0.5) is 4.39 Å². The zero-order valence-corrected chi connectivity index (χ0v) is 8.59. The van der Waals surface area contributed by atoms with Crippen LogP contribution in [-0.4, -0.2) is 29.1 Å². The monoisotopic (exact) mass is 195 g/mol. The van der Waals surface area contributed by atoms with Crippen LogP contribution in [0.25, 0.3) is 0 Å². The van der Waals surface area contributed by atoms with Crippen molar-refractivity contribution in [3.05, 3.63) is 12.3 Å². The van der Waals surface area contributed by atoms with Gasteiger partial charge in [0.15, 0.2) is 0 Å². The predicted octanol–water partition coefficient (Wildman–Crippen LogP) is 2.37. The van der Waals surface area contributed by atoms with Gasteiger partial charge >= 0.3 is 0 Å². The molecule has 1 atom stereocenters. The summed E-state index contributed by atoms with van der Waals surface area (Å²) in [4.78, 5) is 1.90. The van der Waals surface area contributed by atoms with Gasteiger partial charge in [-0.05, 0) is 6.92 Å². The van der Waals surface area contributed by atoms with E-state index in [-0.39, 0.29) is 11.3 Å². The number of thioether (sulfide) groups is 1. The molecule has 0 aromatic carbocycles. The Balaban J connectivity index is 3.81. The van der Waals surface area contributed by atoms with Gasteiger partial charge in [0.05, 0.1) is 5.88 Å². The molecule has 0 rings (SSSR count). The third kappa shape index (κ3) is 3.91. The second-order valence-corrected chi connectivity index (χ2v) is 3.79. The lowest BCUT2D eigenvalue weighted by atomic mass is 10.3. The van der Waals surface area contributed by atoms with Gasteiger partial charge in [-0.3, -0.25) is 0 Å². The number of alkyl halides is 1. The molecule has 0 fully saturated rings. The minimum Gasteiger partial charge on any atom is -0.368 e. The summed E-state index contributed by atoms with van der Waals surface area (Å²) in [6.45, 7) is 5.77. The van der Waals surface area contributed by atoms with E-state index >= 15 is 0 Å². The van der Waals surface area contributed by atoms with E-state index in [9.17, 15) is 4.39 Å². The SMILES string of the molecule is C=C([C@H](C)SCF)N(C)CS. The number of hydrogen-bond acceptors (Lipinski definition) is 3. The van der Waals surface area contributed by atoms with E-state index in [2.05, 4.69) is 19.2 Å². The van der Waals surface area contributed by atoms with Crippen molar-refractivity contribution in [3.8, 4) is 0 Å². The Morgan fingerprint density at radius 2 is 2.36 bits per heavy atom. The molecular weight excluding hydrogens is 181 g/mol. The lowest BCUT2D eigenvalue weighted by Gasteiger charge is -2.23. The summed E-state index contributed by atoms with van der Waals surface area (Å²) >= 11 is 5.32. The van der Waals surface area contributed by atoms with Crippen molar-refractivity contribution in [1.82, 2.24) is 4.90 Å². The molecule has 4 heteroatoms. The van der Waals surface area contributed by atoms with E-state index in [4.69, 9.17) is 0 Å². The minimum absolute atomic E-state index is 0.136. The van der Waals surface area contributed by atoms with E-state index in [1.807, 2.05) is 18.9 Å². The quantitative estimate of drug-likeness (QED) is 0.530. The molecular formula is C7H14FNS2. The smallest absolute Gasteiger partial charge is 0.136 e. The molecule has 0 aromatic heterocycles. The molecule has 1 nitrogen and oxygen atoms in total. The maximum atomic E-state index is 11.9. The number of nitrogens with zero attached hydrogens (tertiary/aromatic N) is 1. The fourth-order valence-corrected chi connectivity index (χ4v) is 1.33. The molecule has 0 radical (unpaired) electrons. The van der Waals surface area contributed by atoms with Gasteiger partial charge < -0.3 is 4.90 Å². The fraction of sp³-hybridized carbons (Fsp3) is 0.714. The average molecular weight is 195 g/mol. The van der Waals surface area contributed by atoms with Gasteiger partial charge in [0.2, 0.25) is 0 Å². The van der Waals surface area contributed by atoms with E-state index in [1.165, 1.54) is 11.8 Å². The van der Waals surface area contributed by atoms with Gasteiger partial charge in [-0.2, -0.15) is 12.6 Å². The molecule has 0 amide bonds. The van der Waals surface area contributed by atoms with Crippen molar-refractivity contribution in [1.29, 1.82) is 0 Å². The maximum Gasteiger partial charge on any atom is 0.136 e. The number of rotatable bonds is 5. The molecule has 0 aliphatic carbocycles. The van der Waals surface area contributed by atoms with Crippen LogP contribution in [0.2, 0.25) is 0 Å². The highest BCUT2D eigenvalue weighted by Gasteiger charge is 2.09. The fourth-order valence-electron chi connectivity index (χ4n) is 0.592. The molecule has 0 aromatic rings. The summed E-state index contributed by atoms with van der Waals surface area (Å²) in [5.74, 6) is 0.621. The number of halogens is 1. The van der Waals surface area contributed by atoms with E-state index in [0.717, 1.165) is 5.70 Å². The maximum absolute atomic E-state index is 11.9. The van der Waals surface area contributed by atoms with Crippen LogP contribution >= 0.6 is 24.4 Å². The predicted molar refractivity (Wildman–Crippen MR) is 53.8 cm³/mol. The zero-order chi connectivity index (χ0) is 8.85. The van der Waals surface area contributed by atoms with Crippen LogP contribution in [0.15, 0.2) is 12.3 Å². The Labute approximate surface area is 77.4 Å². The van der Waals surface area contributed by atoms with Gasteiger partial charge in [-0.1, -0.05) is 6.58 Å². The first-order valence-corrected chi connectivity index (χ1v) is 5.00. The van der Waals surface area contributed by atoms with Crippen molar-refractivity contribution in [2.45, 2.75) is 12.2 Å². The highest BCUT2D eigenvalue weighted by molar-refractivity contribution is 7.99. The lowest BCUT2D eigenvalue weighted by Crippen LogP contribution is -2.21. The standard InChI is InChI=1S/C7H14FNS2/c1-6(9(3)5-10)7(2)11-4-8/h7,10H,1,4-5H2,2-3H3/t7-/m0/s1. The summed E-state index contributed by atoms with van der Waals surface area (Å²) in [6, 6.07) is -0.361. The molecule has 0 unspecified atom stereocenters. The van der Waals surface area contributed by atoms with Gasteiger partial charge in [-0.25, -0.2) is 4.39 Å². The van der Waals surface area contributed by atoms with Crippen molar-refractivity contribution in [2.24, 2.45) is 0 Å². The zero-order valence-electron chi connectivity index (χ0n) is 6.88.